The van der Waals surface area contributed by atoms with Crippen molar-refractivity contribution < 1.29 is 32.6 Å². The summed E-state index contributed by atoms with van der Waals surface area (Å²) in [6.45, 7) is 9.89. The van der Waals surface area contributed by atoms with Crippen LogP contribution in [0, 0.1) is 20.8 Å². The van der Waals surface area contributed by atoms with Crippen LogP contribution in [0.1, 0.15) is 66.0 Å². The first-order valence-corrected chi connectivity index (χ1v) is 16.7. The van der Waals surface area contributed by atoms with E-state index in [0.29, 0.717) is 17.7 Å². The summed E-state index contributed by atoms with van der Waals surface area (Å²) >= 11 is 0. The second-order valence-corrected chi connectivity index (χ2v) is 14.1. The van der Waals surface area contributed by atoms with Gasteiger partial charge in [-0.1, -0.05) is 62.4 Å². The van der Waals surface area contributed by atoms with Crippen molar-refractivity contribution in [3.05, 3.63) is 81.9 Å². The first-order chi connectivity index (χ1) is 21.7. The van der Waals surface area contributed by atoms with E-state index < -0.39 is 28.1 Å². The van der Waals surface area contributed by atoms with Crippen LogP contribution in [0.2, 0.25) is 0 Å². The van der Waals surface area contributed by atoms with Crippen molar-refractivity contribution in [2.45, 2.75) is 69.7 Å². The zero-order valence-corrected chi connectivity index (χ0v) is 27.5. The van der Waals surface area contributed by atoms with Gasteiger partial charge in [0.1, 0.15) is 18.4 Å². The number of guanidine groups is 1. The van der Waals surface area contributed by atoms with Crippen LogP contribution in [0.3, 0.4) is 0 Å². The quantitative estimate of drug-likeness (QED) is 0.140. The Morgan fingerprint density at radius 3 is 2.26 bits per heavy atom. The summed E-state index contributed by atoms with van der Waals surface area (Å²) < 4.78 is 40.6. The number of rotatable bonds is 10. The number of hydrogen-bond donors (Lipinski definition) is 4. The highest BCUT2D eigenvalue weighted by atomic mass is 32.2. The average Bonchev–Trinajstić information content (AvgIpc) is 3.49. The van der Waals surface area contributed by atoms with Crippen molar-refractivity contribution in [3.63, 3.8) is 0 Å². The summed E-state index contributed by atoms with van der Waals surface area (Å²) in [6, 6.07) is 14.6. The number of carbonyl (C=O) groups excluding carboxylic acids is 1. The number of benzene rings is 3. The van der Waals surface area contributed by atoms with Gasteiger partial charge in [0.15, 0.2) is 0 Å². The number of carboxylic acids is 1. The lowest BCUT2D eigenvalue weighted by Crippen LogP contribution is -2.41. The molecule has 3 aromatic rings. The van der Waals surface area contributed by atoms with E-state index in [0.717, 1.165) is 39.1 Å². The van der Waals surface area contributed by atoms with Gasteiger partial charge in [-0.3, -0.25) is 4.99 Å². The normalized spacial score (nSPS) is 15.7. The predicted octanol–water partition coefficient (Wildman–Crippen LogP) is 4.65. The molecule has 5 N–H and O–H groups in total. The maximum Gasteiger partial charge on any atom is 0.407 e. The van der Waals surface area contributed by atoms with Gasteiger partial charge < -0.3 is 25.6 Å². The third-order valence-electron chi connectivity index (χ3n) is 8.82. The largest absolute Gasteiger partial charge is 0.492 e. The molecule has 11 nitrogen and oxygen atoms in total. The minimum Gasteiger partial charge on any atom is -0.492 e. The van der Waals surface area contributed by atoms with Gasteiger partial charge in [0.05, 0.1) is 11.5 Å². The second-order valence-electron chi connectivity index (χ2n) is 12.5. The molecule has 1 aliphatic carbocycles. The molecular formula is C34H40N4O7S. The van der Waals surface area contributed by atoms with Crippen LogP contribution < -0.4 is 20.5 Å². The van der Waals surface area contributed by atoms with E-state index in [4.69, 9.17) is 15.2 Å². The molecule has 3 aromatic carbocycles. The monoisotopic (exact) mass is 648 g/mol. The molecule has 12 heteroatoms. The number of nitrogens with two attached hydrogens (primary N) is 1. The van der Waals surface area contributed by atoms with E-state index >= 15 is 0 Å². The van der Waals surface area contributed by atoms with Gasteiger partial charge in [0.2, 0.25) is 5.96 Å². The first-order valence-electron chi connectivity index (χ1n) is 15.2. The standard InChI is InChI=1S/C34H40N4O7S/c1-19-20(2)30(21(3)28-29(19)45-18-34(28,4)5)46(42,43)38-32(35)36-16-10-15-27(31(39)40)37-33(41)44-17-26-24-13-8-6-11-22(24)23-12-7-9-14-25(23)26/h6-9,11-14,26-27H,10,15-18H2,1-5H3,(H,37,41)(H,39,40)(H3,35,36,38)/t27-/m0/s1. The van der Waals surface area contributed by atoms with Crippen molar-refractivity contribution in [1.29, 1.82) is 0 Å². The summed E-state index contributed by atoms with van der Waals surface area (Å²) in [5, 5.41) is 12.1. The molecule has 1 atom stereocenters. The van der Waals surface area contributed by atoms with E-state index in [2.05, 4.69) is 15.0 Å². The number of ether oxygens (including phenoxy) is 2. The van der Waals surface area contributed by atoms with Crippen LogP contribution in [-0.4, -0.2) is 57.3 Å². The van der Waals surface area contributed by atoms with Crippen LogP contribution in [0.15, 0.2) is 58.4 Å². The fourth-order valence-corrected chi connectivity index (χ4v) is 8.08. The molecule has 0 saturated heterocycles. The Hall–Kier alpha value is -4.58. The fourth-order valence-electron chi connectivity index (χ4n) is 6.57. The van der Waals surface area contributed by atoms with E-state index in [1.165, 1.54) is 0 Å². The average molecular weight is 649 g/mol. The minimum atomic E-state index is -4.08. The number of nitrogens with one attached hydrogen (secondary N) is 2. The summed E-state index contributed by atoms with van der Waals surface area (Å²) in [6.07, 6.45) is -0.598. The molecule has 5 rings (SSSR count). The number of sulfonamides is 1. The van der Waals surface area contributed by atoms with Crippen molar-refractivity contribution in [2.75, 3.05) is 19.8 Å². The van der Waals surface area contributed by atoms with Gasteiger partial charge in [-0.25, -0.2) is 22.7 Å². The third kappa shape index (κ3) is 6.26. The number of amides is 1. The minimum absolute atomic E-state index is 0.0281. The summed E-state index contributed by atoms with van der Waals surface area (Å²) in [5.74, 6) is -0.976. The molecule has 0 spiro atoms. The number of carboxylic acid groups (broad SMARTS) is 1. The molecule has 2 aliphatic rings. The van der Waals surface area contributed by atoms with Crippen molar-refractivity contribution in [3.8, 4) is 16.9 Å². The van der Waals surface area contributed by atoms with Crippen LogP contribution in [-0.2, 0) is 25.0 Å². The maximum atomic E-state index is 13.4. The number of aliphatic carboxylic acids is 1. The van der Waals surface area contributed by atoms with Crippen LogP contribution in [0.5, 0.6) is 5.75 Å². The maximum absolute atomic E-state index is 13.4. The lowest BCUT2D eigenvalue weighted by Gasteiger charge is -2.22. The highest BCUT2D eigenvalue weighted by molar-refractivity contribution is 7.90. The first kappa shape index (κ1) is 32.8. The highest BCUT2D eigenvalue weighted by Crippen LogP contribution is 2.47. The number of aliphatic imine (C=N–C) groups is 1. The Labute approximate surface area is 269 Å². The molecule has 0 fully saturated rings. The zero-order chi connectivity index (χ0) is 33.4. The number of hydrogen-bond acceptors (Lipinski definition) is 7. The van der Waals surface area contributed by atoms with Gasteiger partial charge in [-0.05, 0) is 72.6 Å². The molecule has 0 radical (unpaired) electrons. The van der Waals surface area contributed by atoms with Gasteiger partial charge in [-0.2, -0.15) is 0 Å². The van der Waals surface area contributed by atoms with Gasteiger partial charge in [0.25, 0.3) is 10.0 Å². The zero-order valence-electron chi connectivity index (χ0n) is 26.6. The Morgan fingerprint density at radius 2 is 1.65 bits per heavy atom. The molecule has 0 bridgehead atoms. The Morgan fingerprint density at radius 1 is 1.04 bits per heavy atom. The molecule has 46 heavy (non-hydrogen) atoms. The Balaban J connectivity index is 1.16. The Bertz CT molecular complexity index is 1790. The van der Waals surface area contributed by atoms with Gasteiger partial charge in [-0.15, -0.1) is 0 Å². The smallest absolute Gasteiger partial charge is 0.407 e. The fraction of sp³-hybridized carbons (Fsp3) is 0.382. The molecule has 1 amide bonds. The molecule has 1 aliphatic heterocycles. The number of fused-ring (bicyclic) bond motifs is 4. The molecule has 0 saturated carbocycles. The second kappa shape index (κ2) is 12.7. The van der Waals surface area contributed by atoms with Crippen molar-refractivity contribution >= 4 is 28.0 Å². The molecular weight excluding hydrogens is 608 g/mol. The lowest BCUT2D eigenvalue weighted by molar-refractivity contribution is -0.139. The Kier molecular flexibility index (Phi) is 9.03. The third-order valence-corrected chi connectivity index (χ3v) is 10.4. The van der Waals surface area contributed by atoms with Gasteiger partial charge in [0, 0.05) is 23.4 Å². The lowest BCUT2D eigenvalue weighted by atomic mass is 9.82. The van der Waals surface area contributed by atoms with E-state index in [1.807, 2.05) is 69.3 Å². The SMILES string of the molecule is Cc1c(C)c(S(=O)(=O)NC(N)=NCCC[C@H](NC(=O)OCC2c3ccccc3-c3ccccc32)C(=O)O)c(C)c2c1OCC2(C)C. The predicted molar refractivity (Wildman–Crippen MR) is 175 cm³/mol. The molecule has 244 valence electrons. The molecule has 1 heterocycles. The number of nitrogens with zero attached hydrogens (tertiary/aromatic N) is 1. The summed E-state index contributed by atoms with van der Waals surface area (Å²) in [4.78, 5) is 28.8. The summed E-state index contributed by atoms with van der Waals surface area (Å²) in [7, 11) is -4.08. The number of carbonyl (C=O) groups is 2. The van der Waals surface area contributed by atoms with E-state index in [-0.39, 0.29) is 48.2 Å². The van der Waals surface area contributed by atoms with Gasteiger partial charge >= 0.3 is 12.1 Å². The topological polar surface area (TPSA) is 169 Å². The van der Waals surface area contributed by atoms with Crippen molar-refractivity contribution in [2.24, 2.45) is 10.7 Å². The highest BCUT2D eigenvalue weighted by Gasteiger charge is 2.39. The molecule has 0 unspecified atom stereocenters. The van der Waals surface area contributed by atoms with Crippen LogP contribution >= 0.6 is 0 Å². The van der Waals surface area contributed by atoms with Crippen molar-refractivity contribution in [1.82, 2.24) is 10.0 Å². The van der Waals surface area contributed by atoms with E-state index in [9.17, 15) is 23.1 Å². The van der Waals surface area contributed by atoms with E-state index in [1.54, 1.807) is 13.8 Å². The summed E-state index contributed by atoms with van der Waals surface area (Å²) in [5.41, 5.74) is 12.7. The van der Waals surface area contributed by atoms with Crippen LogP contribution in [0.25, 0.3) is 11.1 Å². The van der Waals surface area contributed by atoms with Crippen LogP contribution in [0.4, 0.5) is 4.79 Å². The number of alkyl carbamates (subject to hydrolysis) is 1. The molecule has 0 aromatic heterocycles.